The highest BCUT2D eigenvalue weighted by Gasteiger charge is 2.37. The molecule has 6 nitrogen and oxygen atoms in total. The molecule has 0 saturated carbocycles. The first-order valence-electron chi connectivity index (χ1n) is 5.87. The van der Waals surface area contributed by atoms with Crippen LogP contribution in [0.4, 0.5) is 10.1 Å². The summed E-state index contributed by atoms with van der Waals surface area (Å²) in [6.07, 6.45) is 0.249. The van der Waals surface area contributed by atoms with Crippen molar-refractivity contribution >= 4 is 25.5 Å². The van der Waals surface area contributed by atoms with Crippen molar-refractivity contribution in [2.75, 3.05) is 24.3 Å². The molecule has 0 bridgehead atoms. The number of rotatable bonds is 3. The zero-order valence-corrected chi connectivity index (χ0v) is 12.4. The van der Waals surface area contributed by atoms with Crippen molar-refractivity contribution in [2.45, 2.75) is 17.4 Å². The summed E-state index contributed by atoms with van der Waals surface area (Å²) in [6, 6.07) is 2.39. The summed E-state index contributed by atoms with van der Waals surface area (Å²) >= 11 is 0. The molecule has 0 aromatic heterocycles. The predicted octanol–water partition coefficient (Wildman–Crippen LogP) is 0.215. The average molecular weight is 322 g/mol. The maximum Gasteiger partial charge on any atom is 0.245 e. The molecule has 9 heteroatoms. The molecule has 1 heterocycles. The molecule has 1 aliphatic heterocycles. The van der Waals surface area contributed by atoms with E-state index in [1.807, 2.05) is 0 Å². The Bertz CT molecular complexity index is 731. The van der Waals surface area contributed by atoms with Gasteiger partial charge in [-0.2, -0.15) is 4.31 Å². The molecule has 112 valence electrons. The summed E-state index contributed by atoms with van der Waals surface area (Å²) < 4.78 is 61.6. The van der Waals surface area contributed by atoms with E-state index in [0.717, 1.165) is 22.5 Å². The van der Waals surface area contributed by atoms with E-state index in [-0.39, 0.29) is 28.5 Å². The van der Waals surface area contributed by atoms with E-state index in [9.17, 15) is 21.2 Å². The van der Waals surface area contributed by atoms with E-state index in [1.165, 1.54) is 7.05 Å². The molecule has 1 aromatic rings. The molecule has 1 aromatic carbocycles. The summed E-state index contributed by atoms with van der Waals surface area (Å²) in [7, 11) is -5.83. The second-order valence-electron chi connectivity index (χ2n) is 4.76. The van der Waals surface area contributed by atoms with Gasteiger partial charge in [-0.15, -0.1) is 0 Å². The lowest BCUT2D eigenvalue weighted by molar-refractivity contribution is 0.394. The van der Waals surface area contributed by atoms with Crippen LogP contribution in [0.1, 0.15) is 6.42 Å². The quantitative estimate of drug-likeness (QED) is 0.803. The van der Waals surface area contributed by atoms with Gasteiger partial charge >= 0.3 is 0 Å². The van der Waals surface area contributed by atoms with Crippen LogP contribution in [-0.4, -0.2) is 45.7 Å². The normalized spacial score (nSPS) is 22.2. The zero-order chi connectivity index (χ0) is 15.1. The second kappa shape index (κ2) is 4.97. The third-order valence-corrected chi connectivity index (χ3v) is 7.09. The average Bonchev–Trinajstić information content (AvgIpc) is 2.68. The lowest BCUT2D eigenvalue weighted by Gasteiger charge is -2.23. The number of benzene rings is 1. The number of nitrogen functional groups attached to an aromatic ring is 1. The Morgan fingerprint density at radius 2 is 2.05 bits per heavy atom. The molecule has 1 fully saturated rings. The number of nitrogens with zero attached hydrogens (tertiary/aromatic N) is 1. The predicted molar refractivity (Wildman–Crippen MR) is 72.8 cm³/mol. The fraction of sp³-hybridized carbons (Fsp3) is 0.455. The van der Waals surface area contributed by atoms with Gasteiger partial charge in [0.1, 0.15) is 10.7 Å². The standard InChI is InChI=1S/C11H15FN2O4S2/c1-14(9-4-5-19(15,16)7-9)20(17,18)11-3-2-8(12)6-10(11)13/h2-3,6,9H,4-5,7,13H2,1H3. The van der Waals surface area contributed by atoms with Gasteiger partial charge in [-0.3, -0.25) is 0 Å². The van der Waals surface area contributed by atoms with Crippen molar-refractivity contribution < 1.29 is 21.2 Å². The first-order chi connectivity index (χ1) is 9.13. The highest BCUT2D eigenvalue weighted by molar-refractivity contribution is 7.92. The highest BCUT2D eigenvalue weighted by Crippen LogP contribution is 2.27. The van der Waals surface area contributed by atoms with Gasteiger partial charge in [0.2, 0.25) is 10.0 Å². The van der Waals surface area contributed by atoms with Gasteiger partial charge in [-0.1, -0.05) is 0 Å². The molecule has 1 aliphatic rings. The molecule has 1 saturated heterocycles. The molecular formula is C11H15FN2O4S2. The van der Waals surface area contributed by atoms with Crippen LogP contribution < -0.4 is 5.73 Å². The Kier molecular flexibility index (Phi) is 3.78. The number of sulfone groups is 1. The molecular weight excluding hydrogens is 307 g/mol. The lowest BCUT2D eigenvalue weighted by Crippen LogP contribution is -2.38. The molecule has 0 aliphatic carbocycles. The number of hydrogen-bond acceptors (Lipinski definition) is 5. The first-order valence-corrected chi connectivity index (χ1v) is 9.13. The molecule has 2 N–H and O–H groups in total. The van der Waals surface area contributed by atoms with Crippen LogP contribution in [0.25, 0.3) is 0 Å². The SMILES string of the molecule is CN(C1CCS(=O)(=O)C1)S(=O)(=O)c1ccc(F)cc1N. The maximum atomic E-state index is 13.0. The lowest BCUT2D eigenvalue weighted by atomic mass is 10.3. The van der Waals surface area contributed by atoms with Crippen molar-refractivity contribution in [1.82, 2.24) is 4.31 Å². The molecule has 0 radical (unpaired) electrons. The highest BCUT2D eigenvalue weighted by atomic mass is 32.2. The van der Waals surface area contributed by atoms with E-state index in [4.69, 9.17) is 5.73 Å². The molecule has 0 spiro atoms. The van der Waals surface area contributed by atoms with Gasteiger partial charge in [0, 0.05) is 13.1 Å². The van der Waals surface area contributed by atoms with Crippen molar-refractivity contribution in [3.8, 4) is 0 Å². The maximum absolute atomic E-state index is 13.0. The fourth-order valence-corrected chi connectivity index (χ4v) is 5.52. The molecule has 1 unspecified atom stereocenters. The van der Waals surface area contributed by atoms with Gasteiger partial charge in [-0.05, 0) is 24.6 Å². The summed E-state index contributed by atoms with van der Waals surface area (Å²) in [6.45, 7) is 0. The van der Waals surface area contributed by atoms with Crippen LogP contribution >= 0.6 is 0 Å². The van der Waals surface area contributed by atoms with Crippen molar-refractivity contribution in [3.63, 3.8) is 0 Å². The monoisotopic (exact) mass is 322 g/mol. The number of halogens is 1. The Balaban J connectivity index is 2.35. The molecule has 2 rings (SSSR count). The van der Waals surface area contributed by atoms with Crippen LogP contribution in [0.5, 0.6) is 0 Å². The Hall–Kier alpha value is -1.19. The number of nitrogens with two attached hydrogens (primary N) is 1. The van der Waals surface area contributed by atoms with Gasteiger partial charge in [0.25, 0.3) is 0 Å². The third kappa shape index (κ3) is 2.79. The summed E-state index contributed by atoms with van der Waals surface area (Å²) in [5.41, 5.74) is 5.34. The van der Waals surface area contributed by atoms with Crippen molar-refractivity contribution in [2.24, 2.45) is 0 Å². The number of hydrogen-bond donors (Lipinski definition) is 1. The molecule has 0 amide bonds. The van der Waals surface area contributed by atoms with Gasteiger partial charge in [-0.25, -0.2) is 21.2 Å². The van der Waals surface area contributed by atoms with E-state index in [0.29, 0.717) is 0 Å². The minimum Gasteiger partial charge on any atom is -0.398 e. The topological polar surface area (TPSA) is 97.5 Å². The summed E-state index contributed by atoms with van der Waals surface area (Å²) in [5, 5.41) is 0. The summed E-state index contributed by atoms with van der Waals surface area (Å²) in [4.78, 5) is -0.217. The minimum absolute atomic E-state index is 0.0313. The minimum atomic E-state index is -3.94. The first kappa shape index (κ1) is 15.2. The van der Waals surface area contributed by atoms with Gasteiger partial charge in [0.05, 0.1) is 17.2 Å². The number of anilines is 1. The van der Waals surface area contributed by atoms with Crippen LogP contribution in [-0.2, 0) is 19.9 Å². The van der Waals surface area contributed by atoms with E-state index >= 15 is 0 Å². The Labute approximate surface area is 117 Å². The van der Waals surface area contributed by atoms with Crippen LogP contribution in [0, 0.1) is 5.82 Å². The van der Waals surface area contributed by atoms with E-state index in [2.05, 4.69) is 0 Å². The largest absolute Gasteiger partial charge is 0.398 e. The fourth-order valence-electron chi connectivity index (χ4n) is 2.17. The van der Waals surface area contributed by atoms with Crippen molar-refractivity contribution in [3.05, 3.63) is 24.0 Å². The van der Waals surface area contributed by atoms with Gasteiger partial charge in [0.15, 0.2) is 9.84 Å². The van der Waals surface area contributed by atoms with Crippen molar-refractivity contribution in [1.29, 1.82) is 0 Å². The smallest absolute Gasteiger partial charge is 0.245 e. The third-order valence-electron chi connectivity index (χ3n) is 3.35. The van der Waals surface area contributed by atoms with Crippen LogP contribution in [0.15, 0.2) is 23.1 Å². The molecule has 1 atom stereocenters. The van der Waals surface area contributed by atoms with Crippen LogP contribution in [0.3, 0.4) is 0 Å². The summed E-state index contributed by atoms with van der Waals surface area (Å²) in [5.74, 6) is -0.868. The Morgan fingerprint density at radius 1 is 1.40 bits per heavy atom. The second-order valence-corrected chi connectivity index (χ2v) is 8.95. The zero-order valence-electron chi connectivity index (χ0n) is 10.8. The number of sulfonamides is 1. The molecule has 20 heavy (non-hydrogen) atoms. The van der Waals surface area contributed by atoms with Crippen LogP contribution in [0.2, 0.25) is 0 Å². The van der Waals surface area contributed by atoms with E-state index < -0.39 is 31.7 Å². The van der Waals surface area contributed by atoms with Gasteiger partial charge < -0.3 is 5.73 Å². The Morgan fingerprint density at radius 3 is 2.55 bits per heavy atom. The van der Waals surface area contributed by atoms with E-state index in [1.54, 1.807) is 0 Å².